The molecular formula is C16H11ClF2O2. The lowest BCUT2D eigenvalue weighted by Gasteiger charge is -2.09. The van der Waals surface area contributed by atoms with Crippen LogP contribution >= 0.6 is 11.6 Å². The van der Waals surface area contributed by atoms with Crippen molar-refractivity contribution in [1.82, 2.24) is 0 Å². The van der Waals surface area contributed by atoms with Gasteiger partial charge >= 0.3 is 0 Å². The van der Waals surface area contributed by atoms with Crippen LogP contribution in [0.3, 0.4) is 0 Å². The molecule has 108 valence electrons. The number of ether oxygens (including phenoxy) is 1. The lowest BCUT2D eigenvalue weighted by atomic mass is 10.2. The lowest BCUT2D eigenvalue weighted by molar-refractivity contribution is 0.284. The smallest absolute Gasteiger partial charge is 0.165 e. The van der Waals surface area contributed by atoms with E-state index in [1.807, 2.05) is 0 Å². The van der Waals surface area contributed by atoms with E-state index >= 15 is 0 Å². The van der Waals surface area contributed by atoms with Gasteiger partial charge < -0.3 is 9.84 Å². The fourth-order valence-corrected chi connectivity index (χ4v) is 1.84. The van der Waals surface area contributed by atoms with Crippen LogP contribution in [0, 0.1) is 23.5 Å². The minimum Gasteiger partial charge on any atom is -0.486 e. The maximum absolute atomic E-state index is 13.6. The van der Waals surface area contributed by atoms with E-state index in [0.29, 0.717) is 10.6 Å². The summed E-state index contributed by atoms with van der Waals surface area (Å²) in [6, 6.07) is 8.12. The van der Waals surface area contributed by atoms with Crippen LogP contribution < -0.4 is 4.74 Å². The summed E-state index contributed by atoms with van der Waals surface area (Å²) < 4.78 is 32.4. The van der Waals surface area contributed by atoms with Crippen LogP contribution in [0.2, 0.25) is 5.02 Å². The molecule has 0 aliphatic carbocycles. The Kier molecular flexibility index (Phi) is 5.15. The molecule has 1 N–H and O–H groups in total. The van der Waals surface area contributed by atoms with Crippen LogP contribution in [0.25, 0.3) is 0 Å². The van der Waals surface area contributed by atoms with Crippen LogP contribution in [0.1, 0.15) is 11.1 Å². The number of aliphatic hydroxyl groups is 1. The predicted molar refractivity (Wildman–Crippen MR) is 76.1 cm³/mol. The van der Waals surface area contributed by atoms with Crippen molar-refractivity contribution in [2.24, 2.45) is 0 Å². The molecule has 0 amide bonds. The molecule has 0 saturated heterocycles. The Labute approximate surface area is 125 Å². The number of hydrogen-bond acceptors (Lipinski definition) is 2. The van der Waals surface area contributed by atoms with Gasteiger partial charge in [-0.2, -0.15) is 0 Å². The summed E-state index contributed by atoms with van der Waals surface area (Å²) in [6.45, 7) is -0.443. The van der Waals surface area contributed by atoms with Gasteiger partial charge in [-0.15, -0.1) is 0 Å². The Hall–Kier alpha value is -2.09. The largest absolute Gasteiger partial charge is 0.486 e. The van der Waals surface area contributed by atoms with E-state index in [4.69, 9.17) is 21.4 Å². The summed E-state index contributed by atoms with van der Waals surface area (Å²) in [5.41, 5.74) is 0.723. The highest BCUT2D eigenvalue weighted by Crippen LogP contribution is 2.21. The van der Waals surface area contributed by atoms with Crippen molar-refractivity contribution in [3.8, 4) is 17.6 Å². The second kappa shape index (κ2) is 7.07. The molecule has 2 aromatic carbocycles. The Morgan fingerprint density at radius 2 is 1.86 bits per heavy atom. The number of benzene rings is 2. The standard InChI is InChI=1S/C16H11ClF2O2/c17-13-4-6-14(18)12(9-13)10-21-16-8-11(2-1-7-20)3-5-15(16)19/h3-6,8-9,20H,7,10H2. The van der Waals surface area contributed by atoms with Crippen LogP contribution in [-0.2, 0) is 6.61 Å². The third-order valence-electron chi connectivity index (χ3n) is 2.63. The van der Waals surface area contributed by atoms with Gasteiger partial charge in [-0.3, -0.25) is 0 Å². The van der Waals surface area contributed by atoms with E-state index in [1.54, 1.807) is 0 Å². The highest BCUT2D eigenvalue weighted by molar-refractivity contribution is 6.30. The van der Waals surface area contributed by atoms with Gasteiger partial charge in [-0.25, -0.2) is 8.78 Å². The minimum absolute atomic E-state index is 0.0425. The summed E-state index contributed by atoms with van der Waals surface area (Å²) in [4.78, 5) is 0. The minimum atomic E-state index is -0.577. The van der Waals surface area contributed by atoms with Gasteiger partial charge in [-0.1, -0.05) is 23.4 Å². The molecular weight excluding hydrogens is 298 g/mol. The molecule has 0 bridgehead atoms. The van der Waals surface area contributed by atoms with Gasteiger partial charge in [0.15, 0.2) is 11.6 Å². The average Bonchev–Trinajstić information content (AvgIpc) is 2.48. The van der Waals surface area contributed by atoms with E-state index < -0.39 is 11.6 Å². The fraction of sp³-hybridized carbons (Fsp3) is 0.125. The van der Waals surface area contributed by atoms with Crippen molar-refractivity contribution in [2.75, 3.05) is 6.61 Å². The molecule has 0 aromatic heterocycles. The molecule has 2 rings (SSSR count). The molecule has 0 aliphatic rings. The molecule has 0 aliphatic heterocycles. The normalized spacial score (nSPS) is 9.90. The monoisotopic (exact) mass is 308 g/mol. The molecule has 0 heterocycles. The van der Waals surface area contributed by atoms with Gasteiger partial charge in [0.2, 0.25) is 0 Å². The second-order valence-corrected chi connectivity index (χ2v) is 4.57. The highest BCUT2D eigenvalue weighted by Gasteiger charge is 2.08. The molecule has 2 aromatic rings. The van der Waals surface area contributed by atoms with Gasteiger partial charge in [0.25, 0.3) is 0 Å². The van der Waals surface area contributed by atoms with Crippen LogP contribution in [0.5, 0.6) is 5.75 Å². The van der Waals surface area contributed by atoms with E-state index in [-0.39, 0.29) is 24.5 Å². The Morgan fingerprint density at radius 1 is 1.10 bits per heavy atom. The zero-order chi connectivity index (χ0) is 15.2. The Bertz CT molecular complexity index is 705. The number of halogens is 3. The van der Waals surface area contributed by atoms with Crippen LogP contribution in [0.4, 0.5) is 8.78 Å². The topological polar surface area (TPSA) is 29.5 Å². The molecule has 0 spiro atoms. The third kappa shape index (κ3) is 4.19. The SMILES string of the molecule is OCC#Cc1ccc(F)c(OCc2cc(Cl)ccc2F)c1. The second-order valence-electron chi connectivity index (χ2n) is 4.13. The van der Waals surface area contributed by atoms with E-state index in [0.717, 1.165) is 0 Å². The lowest BCUT2D eigenvalue weighted by Crippen LogP contribution is -2.00. The van der Waals surface area contributed by atoms with Crippen molar-refractivity contribution in [3.05, 3.63) is 64.2 Å². The average molecular weight is 309 g/mol. The Balaban J connectivity index is 2.17. The van der Waals surface area contributed by atoms with Crippen molar-refractivity contribution in [2.45, 2.75) is 6.61 Å². The molecule has 21 heavy (non-hydrogen) atoms. The molecule has 2 nitrogen and oxygen atoms in total. The van der Waals surface area contributed by atoms with Crippen molar-refractivity contribution in [1.29, 1.82) is 0 Å². The molecule has 0 unspecified atom stereocenters. The van der Waals surface area contributed by atoms with Crippen molar-refractivity contribution in [3.63, 3.8) is 0 Å². The molecule has 0 saturated carbocycles. The number of aliphatic hydroxyl groups excluding tert-OH is 1. The molecule has 5 heteroatoms. The molecule has 0 fully saturated rings. The summed E-state index contributed by atoms with van der Waals surface area (Å²) in [6.07, 6.45) is 0. The number of rotatable bonds is 3. The summed E-state index contributed by atoms with van der Waals surface area (Å²) in [7, 11) is 0. The van der Waals surface area contributed by atoms with Gasteiger partial charge in [0, 0.05) is 16.1 Å². The quantitative estimate of drug-likeness (QED) is 0.879. The molecule has 0 radical (unpaired) electrons. The molecule has 0 atom stereocenters. The maximum atomic E-state index is 13.6. The first kappa shape index (κ1) is 15.3. The van der Waals surface area contributed by atoms with Gasteiger partial charge in [0.1, 0.15) is 19.0 Å². The maximum Gasteiger partial charge on any atom is 0.165 e. The Morgan fingerprint density at radius 3 is 2.62 bits per heavy atom. The zero-order valence-corrected chi connectivity index (χ0v) is 11.6. The zero-order valence-electron chi connectivity index (χ0n) is 10.9. The van der Waals surface area contributed by atoms with Crippen molar-refractivity contribution >= 4 is 11.6 Å². The predicted octanol–water partition coefficient (Wildman–Crippen LogP) is 3.54. The highest BCUT2D eigenvalue weighted by atomic mass is 35.5. The van der Waals surface area contributed by atoms with E-state index in [1.165, 1.54) is 36.4 Å². The van der Waals surface area contributed by atoms with Gasteiger partial charge in [-0.05, 0) is 36.4 Å². The van der Waals surface area contributed by atoms with Crippen molar-refractivity contribution < 1.29 is 18.6 Å². The summed E-state index contributed by atoms with van der Waals surface area (Å²) in [5.74, 6) is 4.00. The van der Waals surface area contributed by atoms with Crippen LogP contribution in [-0.4, -0.2) is 11.7 Å². The number of hydrogen-bond donors (Lipinski definition) is 1. The third-order valence-corrected chi connectivity index (χ3v) is 2.87. The first-order valence-corrected chi connectivity index (χ1v) is 6.44. The fourth-order valence-electron chi connectivity index (χ4n) is 1.64. The first-order chi connectivity index (χ1) is 10.1. The van der Waals surface area contributed by atoms with Crippen LogP contribution in [0.15, 0.2) is 36.4 Å². The summed E-state index contributed by atoms with van der Waals surface area (Å²) in [5, 5.41) is 9.00. The van der Waals surface area contributed by atoms with Gasteiger partial charge in [0.05, 0.1) is 0 Å². The summed E-state index contributed by atoms with van der Waals surface area (Å²) >= 11 is 5.77. The van der Waals surface area contributed by atoms with E-state index in [2.05, 4.69) is 11.8 Å². The van der Waals surface area contributed by atoms with E-state index in [9.17, 15) is 8.78 Å². The first-order valence-electron chi connectivity index (χ1n) is 6.06.